The topological polar surface area (TPSA) is 94.5 Å². The van der Waals surface area contributed by atoms with Crippen LogP contribution < -0.4 is 20.3 Å². The number of likely N-dealkylation sites (N-methyl/N-ethyl adjacent to an activating group) is 1. The van der Waals surface area contributed by atoms with Crippen molar-refractivity contribution in [2.75, 3.05) is 18.6 Å². The van der Waals surface area contributed by atoms with Crippen LogP contribution >= 0.6 is 0 Å². The van der Waals surface area contributed by atoms with Crippen molar-refractivity contribution in [3.8, 4) is 5.75 Å². The molecule has 0 saturated heterocycles. The number of halogens is 2. The second kappa shape index (κ2) is 8.73. The predicted octanol–water partition coefficient (Wildman–Crippen LogP) is 2.13. The molecular formula is C21H20F2N4O3. The van der Waals surface area contributed by atoms with Gasteiger partial charge in [0.25, 0.3) is 11.8 Å². The van der Waals surface area contributed by atoms with E-state index in [1.807, 2.05) is 0 Å². The maximum Gasteiger partial charge on any atom is 0.267 e. The van der Waals surface area contributed by atoms with E-state index in [0.29, 0.717) is 5.56 Å². The van der Waals surface area contributed by atoms with Crippen molar-refractivity contribution in [1.29, 1.82) is 5.41 Å². The molecule has 1 heterocycles. The SMILES string of the molecule is C=C(NC(=N)Cc1cccc(F)c1)C(=O)N[C@H]1COc2cccc(F)c2N(C)C1=O. The van der Waals surface area contributed by atoms with Gasteiger partial charge in [0.05, 0.1) is 5.70 Å². The molecule has 0 bridgehead atoms. The highest BCUT2D eigenvalue weighted by atomic mass is 19.1. The van der Waals surface area contributed by atoms with E-state index in [1.165, 1.54) is 43.4 Å². The minimum absolute atomic E-state index is 0.00642. The van der Waals surface area contributed by atoms with E-state index in [4.69, 9.17) is 10.1 Å². The largest absolute Gasteiger partial charge is 0.489 e. The molecule has 0 radical (unpaired) electrons. The fraction of sp³-hybridized carbons (Fsp3) is 0.190. The summed E-state index contributed by atoms with van der Waals surface area (Å²) in [7, 11) is 1.39. The van der Waals surface area contributed by atoms with Crippen molar-refractivity contribution in [2.24, 2.45) is 0 Å². The van der Waals surface area contributed by atoms with Crippen molar-refractivity contribution < 1.29 is 23.1 Å². The number of hydrogen-bond donors (Lipinski definition) is 3. The predicted molar refractivity (Wildman–Crippen MR) is 107 cm³/mol. The quantitative estimate of drug-likeness (QED) is 0.397. The molecular weight excluding hydrogens is 394 g/mol. The zero-order valence-electron chi connectivity index (χ0n) is 16.2. The lowest BCUT2D eigenvalue weighted by molar-refractivity contribution is -0.126. The summed E-state index contributed by atoms with van der Waals surface area (Å²) in [6.07, 6.45) is 0.0624. The van der Waals surface area contributed by atoms with Crippen LogP contribution in [0.1, 0.15) is 5.56 Å². The number of rotatable bonds is 5. The molecule has 0 fully saturated rings. The number of benzene rings is 2. The Balaban J connectivity index is 1.61. The molecule has 1 aliphatic heterocycles. The second-order valence-corrected chi connectivity index (χ2v) is 6.71. The number of para-hydroxylation sites is 1. The highest BCUT2D eigenvalue weighted by Gasteiger charge is 2.32. The molecule has 2 aromatic carbocycles. The summed E-state index contributed by atoms with van der Waals surface area (Å²) in [5.41, 5.74) is 0.377. The van der Waals surface area contributed by atoms with Crippen molar-refractivity contribution in [1.82, 2.24) is 10.6 Å². The van der Waals surface area contributed by atoms with Gasteiger partial charge in [0, 0.05) is 13.5 Å². The molecule has 3 N–H and O–H groups in total. The first kappa shape index (κ1) is 21.0. The molecule has 1 atom stereocenters. The van der Waals surface area contributed by atoms with Gasteiger partial charge in [0.1, 0.15) is 35.7 Å². The van der Waals surface area contributed by atoms with Crippen LogP contribution in [-0.2, 0) is 16.0 Å². The van der Waals surface area contributed by atoms with E-state index in [1.54, 1.807) is 6.07 Å². The molecule has 0 aromatic heterocycles. The van der Waals surface area contributed by atoms with Crippen LogP contribution in [0.25, 0.3) is 0 Å². The van der Waals surface area contributed by atoms with Crippen molar-refractivity contribution in [3.63, 3.8) is 0 Å². The Kier molecular flexibility index (Phi) is 6.10. The number of nitrogens with zero attached hydrogens (tertiary/aromatic N) is 1. The Bertz CT molecular complexity index is 1030. The molecule has 1 aliphatic rings. The summed E-state index contributed by atoms with van der Waals surface area (Å²) >= 11 is 0. The molecule has 0 unspecified atom stereocenters. The Hall–Kier alpha value is -3.75. The molecule has 0 saturated carbocycles. The van der Waals surface area contributed by atoms with Crippen LogP contribution in [-0.4, -0.2) is 37.3 Å². The average Bonchev–Trinajstić information content (AvgIpc) is 2.80. The summed E-state index contributed by atoms with van der Waals surface area (Å²) in [5, 5.41) is 13.0. The van der Waals surface area contributed by atoms with Crippen LogP contribution in [0.2, 0.25) is 0 Å². The Morgan fingerprint density at radius 3 is 2.77 bits per heavy atom. The summed E-state index contributed by atoms with van der Waals surface area (Å²) in [6.45, 7) is 3.38. The first-order chi connectivity index (χ1) is 14.3. The molecule has 7 nitrogen and oxygen atoms in total. The van der Waals surface area contributed by atoms with Gasteiger partial charge in [0.15, 0.2) is 5.82 Å². The van der Waals surface area contributed by atoms with Gasteiger partial charge >= 0.3 is 0 Å². The van der Waals surface area contributed by atoms with Crippen molar-refractivity contribution in [2.45, 2.75) is 12.5 Å². The standard InChI is InChI=1S/C21H20F2N4O3/c1-12(25-18(24)10-13-5-3-6-14(22)9-13)20(28)26-16-11-30-17-8-4-7-15(23)19(17)27(2)21(16)29/h3-9,16H,1,10-11H2,2H3,(H2,24,25)(H,26,28)/t16-/m0/s1. The third kappa shape index (κ3) is 4.62. The Labute approximate surface area is 171 Å². The summed E-state index contributed by atoms with van der Waals surface area (Å²) in [6, 6.07) is 8.87. The fourth-order valence-corrected chi connectivity index (χ4v) is 3.01. The Morgan fingerprint density at radius 2 is 2.03 bits per heavy atom. The number of fused-ring (bicyclic) bond motifs is 1. The molecule has 156 valence electrons. The van der Waals surface area contributed by atoms with Gasteiger partial charge in [-0.15, -0.1) is 0 Å². The van der Waals surface area contributed by atoms with Crippen LogP contribution in [0.4, 0.5) is 14.5 Å². The highest BCUT2D eigenvalue weighted by molar-refractivity contribution is 6.04. The first-order valence-electron chi connectivity index (χ1n) is 9.04. The van der Waals surface area contributed by atoms with E-state index in [2.05, 4.69) is 17.2 Å². The number of carbonyl (C=O) groups excluding carboxylic acids is 2. The number of amides is 2. The van der Waals surface area contributed by atoms with Crippen LogP contribution in [0, 0.1) is 17.0 Å². The van der Waals surface area contributed by atoms with Crippen molar-refractivity contribution in [3.05, 3.63) is 71.9 Å². The number of hydrogen-bond acceptors (Lipinski definition) is 4. The van der Waals surface area contributed by atoms with Gasteiger partial charge in [-0.3, -0.25) is 15.0 Å². The zero-order valence-corrected chi connectivity index (χ0v) is 16.2. The second-order valence-electron chi connectivity index (χ2n) is 6.71. The lowest BCUT2D eigenvalue weighted by Gasteiger charge is -2.21. The maximum atomic E-state index is 14.1. The molecule has 0 aliphatic carbocycles. The van der Waals surface area contributed by atoms with Gasteiger partial charge in [-0.2, -0.15) is 0 Å². The normalized spacial score (nSPS) is 15.5. The smallest absolute Gasteiger partial charge is 0.267 e. The van der Waals surface area contributed by atoms with E-state index >= 15 is 0 Å². The highest BCUT2D eigenvalue weighted by Crippen LogP contribution is 2.32. The molecule has 9 heteroatoms. The Morgan fingerprint density at radius 1 is 1.30 bits per heavy atom. The number of anilines is 1. The average molecular weight is 414 g/mol. The van der Waals surface area contributed by atoms with Crippen LogP contribution in [0.15, 0.2) is 54.7 Å². The van der Waals surface area contributed by atoms with Crippen molar-refractivity contribution >= 4 is 23.3 Å². The molecule has 30 heavy (non-hydrogen) atoms. The number of carbonyl (C=O) groups is 2. The van der Waals surface area contributed by atoms with E-state index in [9.17, 15) is 18.4 Å². The number of amidine groups is 1. The zero-order chi connectivity index (χ0) is 21.8. The fourth-order valence-electron chi connectivity index (χ4n) is 3.01. The first-order valence-corrected chi connectivity index (χ1v) is 9.04. The van der Waals surface area contributed by atoms with Gasteiger partial charge in [-0.25, -0.2) is 8.78 Å². The minimum Gasteiger partial charge on any atom is -0.489 e. The van der Waals surface area contributed by atoms with Gasteiger partial charge in [0.2, 0.25) is 0 Å². The molecule has 2 amide bonds. The third-order valence-electron chi connectivity index (χ3n) is 4.47. The monoisotopic (exact) mass is 414 g/mol. The minimum atomic E-state index is -1.08. The van der Waals surface area contributed by atoms with E-state index in [0.717, 1.165) is 4.90 Å². The summed E-state index contributed by atoms with van der Waals surface area (Å²) < 4.78 is 32.8. The third-order valence-corrected chi connectivity index (χ3v) is 4.47. The van der Waals surface area contributed by atoms with Crippen LogP contribution in [0.3, 0.4) is 0 Å². The van der Waals surface area contributed by atoms with E-state index in [-0.39, 0.29) is 36.0 Å². The lowest BCUT2D eigenvalue weighted by Crippen LogP contribution is -2.51. The number of ether oxygens (including phenoxy) is 1. The van der Waals surface area contributed by atoms with E-state index < -0.39 is 29.5 Å². The lowest BCUT2D eigenvalue weighted by atomic mass is 10.1. The van der Waals surface area contributed by atoms with Crippen LogP contribution in [0.5, 0.6) is 5.75 Å². The summed E-state index contributed by atoms with van der Waals surface area (Å²) in [4.78, 5) is 26.2. The van der Waals surface area contributed by atoms with Gasteiger partial charge < -0.3 is 20.3 Å². The molecule has 3 rings (SSSR count). The van der Waals surface area contributed by atoms with Gasteiger partial charge in [-0.1, -0.05) is 24.8 Å². The molecule has 2 aromatic rings. The summed E-state index contributed by atoms with van der Waals surface area (Å²) in [5.74, 6) is -2.21. The molecule has 0 spiro atoms. The number of nitrogens with one attached hydrogen (secondary N) is 3. The maximum absolute atomic E-state index is 14.1. The van der Waals surface area contributed by atoms with Gasteiger partial charge in [-0.05, 0) is 29.8 Å².